The Morgan fingerprint density at radius 1 is 1.03 bits per heavy atom. The third kappa shape index (κ3) is 5.39. The number of aromatic amines is 1. The monoisotopic (exact) mass is 451 g/mol. The zero-order valence-electron chi connectivity index (χ0n) is 18.1. The Labute approximate surface area is 190 Å². The first kappa shape index (κ1) is 22.5. The minimum atomic E-state index is -1.06. The summed E-state index contributed by atoms with van der Waals surface area (Å²) in [6.07, 6.45) is 4.72. The molecule has 1 aliphatic carbocycles. The Morgan fingerprint density at radius 3 is 2.24 bits per heavy atom. The first-order chi connectivity index (χ1) is 15.9. The Kier molecular flexibility index (Phi) is 6.72. The maximum absolute atomic E-state index is 13.2. The van der Waals surface area contributed by atoms with E-state index >= 15 is 0 Å². The molecule has 4 rings (SSSR count). The van der Waals surface area contributed by atoms with Gasteiger partial charge >= 0.3 is 5.97 Å². The minimum absolute atomic E-state index is 0.0571. The van der Waals surface area contributed by atoms with E-state index in [1.165, 1.54) is 22.9 Å². The molecule has 1 unspecified atom stereocenters. The Morgan fingerprint density at radius 2 is 1.64 bits per heavy atom. The van der Waals surface area contributed by atoms with Gasteiger partial charge in [-0.3, -0.25) is 19.5 Å². The number of hydrogen-bond donors (Lipinski definition) is 3. The topological polar surface area (TPSA) is 104 Å². The number of aliphatic carboxylic acids is 1. The van der Waals surface area contributed by atoms with Crippen LogP contribution < -0.4 is 10.9 Å². The summed E-state index contributed by atoms with van der Waals surface area (Å²) in [5.74, 6) is -1.92. The number of halogens is 1. The van der Waals surface area contributed by atoms with E-state index in [0.29, 0.717) is 5.56 Å². The molecule has 172 valence electrons. The largest absolute Gasteiger partial charge is 0.481 e. The molecule has 8 heteroatoms. The summed E-state index contributed by atoms with van der Waals surface area (Å²) in [4.78, 5) is 36.7. The van der Waals surface area contributed by atoms with E-state index in [1.807, 2.05) is 0 Å². The Balaban J connectivity index is 1.52. The zero-order valence-corrected chi connectivity index (χ0v) is 18.1. The molecule has 0 radical (unpaired) electrons. The van der Waals surface area contributed by atoms with Crippen molar-refractivity contribution in [3.8, 4) is 11.1 Å². The van der Waals surface area contributed by atoms with E-state index in [0.717, 1.165) is 43.2 Å². The van der Waals surface area contributed by atoms with Crippen LogP contribution in [0.15, 0.2) is 59.4 Å². The molecule has 3 N–H and O–H groups in total. The number of amides is 1. The lowest BCUT2D eigenvalue weighted by molar-refractivity contribution is -0.137. The lowest BCUT2D eigenvalue weighted by Crippen LogP contribution is -2.30. The molecule has 2 aromatic carbocycles. The number of carboxylic acids is 1. The van der Waals surface area contributed by atoms with Gasteiger partial charge in [-0.05, 0) is 41.7 Å². The van der Waals surface area contributed by atoms with Crippen molar-refractivity contribution >= 4 is 11.9 Å². The van der Waals surface area contributed by atoms with Crippen molar-refractivity contribution in [3.05, 3.63) is 82.0 Å². The molecule has 1 saturated carbocycles. The number of rotatable bonds is 7. The van der Waals surface area contributed by atoms with Crippen molar-refractivity contribution in [1.29, 1.82) is 0 Å². The van der Waals surface area contributed by atoms with Crippen LogP contribution >= 0.6 is 0 Å². The van der Waals surface area contributed by atoms with Gasteiger partial charge in [0.25, 0.3) is 11.5 Å². The number of hydrogen-bond acceptors (Lipinski definition) is 3. The highest BCUT2D eigenvalue weighted by atomic mass is 19.1. The quantitative estimate of drug-likeness (QED) is 0.494. The highest BCUT2D eigenvalue weighted by molar-refractivity contribution is 5.92. The summed E-state index contributed by atoms with van der Waals surface area (Å²) in [6, 6.07) is 13.7. The number of benzene rings is 2. The van der Waals surface area contributed by atoms with Gasteiger partial charge in [0.1, 0.15) is 11.5 Å². The highest BCUT2D eigenvalue weighted by Crippen LogP contribution is 2.27. The van der Waals surface area contributed by atoms with E-state index in [2.05, 4.69) is 10.4 Å². The molecule has 0 saturated heterocycles. The van der Waals surface area contributed by atoms with Crippen LogP contribution in [0.25, 0.3) is 11.1 Å². The van der Waals surface area contributed by atoms with E-state index < -0.39 is 17.9 Å². The molecule has 1 heterocycles. The third-order valence-electron chi connectivity index (χ3n) is 6.11. The van der Waals surface area contributed by atoms with Crippen LogP contribution in [0.4, 0.5) is 4.39 Å². The predicted octanol–water partition coefficient (Wildman–Crippen LogP) is 4.43. The van der Waals surface area contributed by atoms with Crippen LogP contribution in [0.3, 0.4) is 0 Å². The van der Waals surface area contributed by atoms with Crippen LogP contribution in [0, 0.1) is 5.82 Å². The smallest absolute Gasteiger partial charge is 0.305 e. The molecule has 0 bridgehead atoms. The lowest BCUT2D eigenvalue weighted by Gasteiger charge is -2.22. The number of carbonyl (C=O) groups is 2. The molecular formula is C25H26FN3O4. The normalized spacial score (nSPS) is 15.2. The second-order valence-electron chi connectivity index (χ2n) is 8.42. The molecule has 1 aliphatic rings. The molecule has 1 aromatic heterocycles. The summed E-state index contributed by atoms with van der Waals surface area (Å²) in [5.41, 5.74) is 2.14. The maximum atomic E-state index is 13.2. The average Bonchev–Trinajstić information content (AvgIpc) is 3.21. The number of carbonyl (C=O) groups excluding carboxylic acids is 1. The molecule has 1 amide bonds. The molecule has 3 aromatic rings. The van der Waals surface area contributed by atoms with Crippen molar-refractivity contribution in [1.82, 2.24) is 15.1 Å². The van der Waals surface area contributed by atoms with Gasteiger partial charge in [0.15, 0.2) is 0 Å². The molecule has 1 fully saturated rings. The number of nitrogens with zero attached hydrogens (tertiary/aromatic N) is 1. The number of H-pyrrole nitrogens is 1. The van der Waals surface area contributed by atoms with Gasteiger partial charge in [-0.2, -0.15) is 0 Å². The molecule has 33 heavy (non-hydrogen) atoms. The van der Waals surface area contributed by atoms with E-state index in [-0.39, 0.29) is 29.5 Å². The van der Waals surface area contributed by atoms with Crippen LogP contribution in [0.1, 0.15) is 66.7 Å². The first-order valence-electron chi connectivity index (χ1n) is 11.1. The fourth-order valence-corrected chi connectivity index (χ4v) is 4.35. The zero-order chi connectivity index (χ0) is 23.4. The highest BCUT2D eigenvalue weighted by Gasteiger charge is 2.23. The standard InChI is InChI=1S/C25H26FN3O4/c26-19-12-10-17(11-13-19)16-6-8-18(9-7-16)21(15-24(31)32)27-25(33)22-14-23(30)29(28-22)20-4-2-1-3-5-20/h6-14,20-21,28H,1-5,15H2,(H,27,33)(H,31,32). The third-order valence-corrected chi connectivity index (χ3v) is 6.11. The van der Waals surface area contributed by atoms with E-state index in [4.69, 9.17) is 0 Å². The molecular weight excluding hydrogens is 425 g/mol. The van der Waals surface area contributed by atoms with Crippen molar-refractivity contribution in [2.45, 2.75) is 50.6 Å². The fourth-order valence-electron chi connectivity index (χ4n) is 4.35. The predicted molar refractivity (Wildman–Crippen MR) is 121 cm³/mol. The van der Waals surface area contributed by atoms with Gasteiger partial charge in [-0.15, -0.1) is 0 Å². The van der Waals surface area contributed by atoms with E-state index in [9.17, 15) is 23.9 Å². The van der Waals surface area contributed by atoms with Gasteiger partial charge in [0.2, 0.25) is 0 Å². The second-order valence-corrected chi connectivity index (χ2v) is 8.42. The number of aromatic nitrogens is 2. The van der Waals surface area contributed by atoms with Gasteiger partial charge in [-0.25, -0.2) is 9.07 Å². The molecule has 0 spiro atoms. The molecule has 1 atom stereocenters. The van der Waals surface area contributed by atoms with Crippen molar-refractivity contribution < 1.29 is 19.1 Å². The van der Waals surface area contributed by atoms with Gasteiger partial charge < -0.3 is 10.4 Å². The summed E-state index contributed by atoms with van der Waals surface area (Å²) >= 11 is 0. The summed E-state index contributed by atoms with van der Waals surface area (Å²) in [7, 11) is 0. The summed E-state index contributed by atoms with van der Waals surface area (Å²) < 4.78 is 14.7. The molecule has 7 nitrogen and oxygen atoms in total. The van der Waals surface area contributed by atoms with Crippen LogP contribution in [-0.2, 0) is 4.79 Å². The summed E-state index contributed by atoms with van der Waals surface area (Å²) in [5, 5.41) is 15.0. The Hall–Kier alpha value is -3.68. The van der Waals surface area contributed by atoms with Gasteiger partial charge in [-0.1, -0.05) is 55.7 Å². The minimum Gasteiger partial charge on any atom is -0.481 e. The van der Waals surface area contributed by atoms with Gasteiger partial charge in [0.05, 0.1) is 18.5 Å². The first-order valence-corrected chi connectivity index (χ1v) is 11.1. The lowest BCUT2D eigenvalue weighted by atomic mass is 9.96. The van der Waals surface area contributed by atoms with E-state index in [1.54, 1.807) is 36.4 Å². The number of nitrogens with one attached hydrogen (secondary N) is 2. The van der Waals surface area contributed by atoms with Crippen LogP contribution in [0.5, 0.6) is 0 Å². The maximum Gasteiger partial charge on any atom is 0.305 e. The van der Waals surface area contributed by atoms with Crippen LogP contribution in [0.2, 0.25) is 0 Å². The fraction of sp³-hybridized carbons (Fsp3) is 0.320. The average molecular weight is 451 g/mol. The van der Waals surface area contributed by atoms with Gasteiger partial charge in [0, 0.05) is 6.07 Å². The number of carboxylic acid groups (broad SMARTS) is 1. The van der Waals surface area contributed by atoms with Crippen molar-refractivity contribution in [2.24, 2.45) is 0 Å². The van der Waals surface area contributed by atoms with Crippen molar-refractivity contribution in [2.75, 3.05) is 0 Å². The summed E-state index contributed by atoms with van der Waals surface area (Å²) in [6.45, 7) is 0. The second kappa shape index (κ2) is 9.85. The van der Waals surface area contributed by atoms with Crippen LogP contribution in [-0.4, -0.2) is 26.8 Å². The SMILES string of the molecule is O=C(O)CC(NC(=O)c1cc(=O)n(C2CCCCC2)[nH]1)c1ccc(-c2ccc(F)cc2)cc1. The Bertz CT molecular complexity index is 1180. The van der Waals surface area contributed by atoms with Crippen molar-refractivity contribution in [3.63, 3.8) is 0 Å². The molecule has 0 aliphatic heterocycles.